The molecule has 0 heterocycles. The Kier molecular flexibility index (Phi) is 5.39. The highest BCUT2D eigenvalue weighted by Gasteiger charge is 2.08. The minimum absolute atomic E-state index is 0.178. The number of halogens is 2. The van der Waals surface area contributed by atoms with Crippen LogP contribution in [0.2, 0.25) is 5.02 Å². The standard InChI is InChI=1S/C16H17ClFNO/c1-2-9-19-11-12-7-8-16(14(18)10-12)20-15-6-4-3-5-13(15)17/h3-8,10,19H,2,9,11H2,1H3. The van der Waals surface area contributed by atoms with Gasteiger partial charge in [0.2, 0.25) is 0 Å². The Balaban J connectivity index is 2.08. The Morgan fingerprint density at radius 2 is 1.95 bits per heavy atom. The van der Waals surface area contributed by atoms with Crippen LogP contribution in [0.5, 0.6) is 11.5 Å². The monoisotopic (exact) mass is 293 g/mol. The molecule has 2 rings (SSSR count). The highest BCUT2D eigenvalue weighted by molar-refractivity contribution is 6.32. The van der Waals surface area contributed by atoms with Crippen molar-refractivity contribution in [2.75, 3.05) is 6.54 Å². The molecule has 20 heavy (non-hydrogen) atoms. The molecule has 0 unspecified atom stereocenters. The number of hydrogen-bond donors (Lipinski definition) is 1. The van der Waals surface area contributed by atoms with E-state index in [1.807, 2.05) is 6.07 Å². The van der Waals surface area contributed by atoms with Gasteiger partial charge < -0.3 is 10.1 Å². The smallest absolute Gasteiger partial charge is 0.166 e. The van der Waals surface area contributed by atoms with E-state index in [1.54, 1.807) is 30.3 Å². The van der Waals surface area contributed by atoms with Crippen LogP contribution < -0.4 is 10.1 Å². The third-order valence-corrected chi connectivity index (χ3v) is 3.12. The maximum Gasteiger partial charge on any atom is 0.166 e. The van der Waals surface area contributed by atoms with E-state index in [2.05, 4.69) is 12.2 Å². The van der Waals surface area contributed by atoms with Gasteiger partial charge in [0.15, 0.2) is 11.6 Å². The molecule has 0 saturated heterocycles. The average molecular weight is 294 g/mol. The summed E-state index contributed by atoms with van der Waals surface area (Å²) < 4.78 is 19.5. The van der Waals surface area contributed by atoms with Gasteiger partial charge in [-0.15, -0.1) is 0 Å². The zero-order chi connectivity index (χ0) is 14.4. The maximum atomic E-state index is 14.0. The Labute approximate surface area is 123 Å². The lowest BCUT2D eigenvalue weighted by molar-refractivity contribution is 0.441. The Bertz CT molecular complexity index is 574. The van der Waals surface area contributed by atoms with Crippen LogP contribution >= 0.6 is 11.6 Å². The molecule has 0 spiro atoms. The quantitative estimate of drug-likeness (QED) is 0.775. The Morgan fingerprint density at radius 3 is 2.65 bits per heavy atom. The van der Waals surface area contributed by atoms with Crippen LogP contribution in [0, 0.1) is 5.82 Å². The molecule has 0 aliphatic heterocycles. The summed E-state index contributed by atoms with van der Waals surface area (Å²) in [5.74, 6) is 0.239. The van der Waals surface area contributed by atoms with Gasteiger partial charge >= 0.3 is 0 Å². The summed E-state index contributed by atoms with van der Waals surface area (Å²) in [4.78, 5) is 0. The van der Waals surface area contributed by atoms with Gasteiger partial charge in [0, 0.05) is 6.54 Å². The van der Waals surface area contributed by atoms with Gasteiger partial charge in [0.05, 0.1) is 5.02 Å². The molecule has 106 valence electrons. The van der Waals surface area contributed by atoms with E-state index >= 15 is 0 Å². The summed E-state index contributed by atoms with van der Waals surface area (Å²) in [6, 6.07) is 12.0. The molecule has 0 atom stereocenters. The first kappa shape index (κ1) is 14.8. The van der Waals surface area contributed by atoms with Crippen LogP contribution in [0.3, 0.4) is 0 Å². The van der Waals surface area contributed by atoms with Crippen LogP contribution in [0.1, 0.15) is 18.9 Å². The largest absolute Gasteiger partial charge is 0.453 e. The summed E-state index contributed by atoms with van der Waals surface area (Å²) in [5, 5.41) is 3.69. The van der Waals surface area contributed by atoms with Gasteiger partial charge in [0.25, 0.3) is 0 Å². The molecule has 2 aromatic rings. The number of para-hydroxylation sites is 1. The van der Waals surface area contributed by atoms with E-state index < -0.39 is 0 Å². The molecule has 0 saturated carbocycles. The molecule has 4 heteroatoms. The predicted octanol–water partition coefficient (Wildman–Crippen LogP) is 4.77. The number of ether oxygens (including phenoxy) is 1. The van der Waals surface area contributed by atoms with Crippen LogP contribution in [0.25, 0.3) is 0 Å². The fourth-order valence-corrected chi connectivity index (χ4v) is 1.97. The molecule has 2 nitrogen and oxygen atoms in total. The topological polar surface area (TPSA) is 21.3 Å². The number of benzene rings is 2. The average Bonchev–Trinajstić information content (AvgIpc) is 2.44. The second-order valence-corrected chi connectivity index (χ2v) is 4.88. The summed E-state index contributed by atoms with van der Waals surface area (Å²) in [7, 11) is 0. The van der Waals surface area contributed by atoms with Crippen LogP contribution in [0.4, 0.5) is 4.39 Å². The third-order valence-electron chi connectivity index (χ3n) is 2.81. The molecular weight excluding hydrogens is 277 g/mol. The summed E-state index contributed by atoms with van der Waals surface area (Å²) in [6.45, 7) is 3.66. The highest BCUT2D eigenvalue weighted by Crippen LogP contribution is 2.30. The molecule has 0 amide bonds. The first-order valence-corrected chi connectivity index (χ1v) is 7.00. The number of nitrogens with one attached hydrogen (secondary N) is 1. The zero-order valence-corrected chi connectivity index (χ0v) is 12.1. The fourth-order valence-electron chi connectivity index (χ4n) is 1.79. The van der Waals surface area contributed by atoms with E-state index in [0.29, 0.717) is 17.3 Å². The van der Waals surface area contributed by atoms with Crippen molar-refractivity contribution in [2.45, 2.75) is 19.9 Å². The van der Waals surface area contributed by atoms with Crippen LogP contribution in [-0.4, -0.2) is 6.54 Å². The lowest BCUT2D eigenvalue weighted by Crippen LogP contribution is -2.13. The number of rotatable bonds is 6. The van der Waals surface area contributed by atoms with E-state index in [9.17, 15) is 4.39 Å². The third kappa shape index (κ3) is 3.95. The predicted molar refractivity (Wildman–Crippen MR) is 79.9 cm³/mol. The van der Waals surface area contributed by atoms with Gasteiger partial charge in [-0.05, 0) is 42.8 Å². The molecule has 0 aromatic heterocycles. The van der Waals surface area contributed by atoms with Crippen molar-refractivity contribution in [1.82, 2.24) is 5.32 Å². The molecule has 0 radical (unpaired) electrons. The Hall–Kier alpha value is -1.58. The SMILES string of the molecule is CCCNCc1ccc(Oc2ccccc2Cl)c(F)c1. The lowest BCUT2D eigenvalue weighted by Gasteiger charge is -2.10. The van der Waals surface area contributed by atoms with Gasteiger partial charge in [-0.2, -0.15) is 0 Å². The van der Waals surface area contributed by atoms with Gasteiger partial charge in [-0.25, -0.2) is 4.39 Å². The van der Waals surface area contributed by atoms with Crippen molar-refractivity contribution in [1.29, 1.82) is 0 Å². The molecule has 0 aliphatic rings. The molecule has 0 aliphatic carbocycles. The van der Waals surface area contributed by atoms with Crippen molar-refractivity contribution in [3.63, 3.8) is 0 Å². The van der Waals surface area contributed by atoms with Crippen LogP contribution in [-0.2, 0) is 6.54 Å². The maximum absolute atomic E-state index is 14.0. The molecule has 0 bridgehead atoms. The first-order chi connectivity index (χ1) is 9.70. The van der Waals surface area contributed by atoms with E-state index in [0.717, 1.165) is 18.5 Å². The summed E-state index contributed by atoms with van der Waals surface area (Å²) in [5.41, 5.74) is 0.891. The highest BCUT2D eigenvalue weighted by atomic mass is 35.5. The second-order valence-electron chi connectivity index (χ2n) is 4.47. The summed E-state index contributed by atoms with van der Waals surface area (Å²) >= 11 is 5.98. The van der Waals surface area contributed by atoms with E-state index in [4.69, 9.17) is 16.3 Å². The zero-order valence-electron chi connectivity index (χ0n) is 11.3. The molecule has 2 aromatic carbocycles. The minimum atomic E-state index is -0.388. The van der Waals surface area contributed by atoms with E-state index in [1.165, 1.54) is 6.07 Å². The van der Waals surface area contributed by atoms with Gasteiger partial charge in [0.1, 0.15) is 5.75 Å². The first-order valence-electron chi connectivity index (χ1n) is 6.62. The number of hydrogen-bond acceptors (Lipinski definition) is 2. The van der Waals surface area contributed by atoms with Crippen molar-refractivity contribution in [3.05, 3.63) is 58.9 Å². The van der Waals surface area contributed by atoms with E-state index in [-0.39, 0.29) is 11.6 Å². The second kappa shape index (κ2) is 7.27. The fraction of sp³-hybridized carbons (Fsp3) is 0.250. The molecular formula is C16H17ClFNO. The van der Waals surface area contributed by atoms with Crippen molar-refractivity contribution in [3.8, 4) is 11.5 Å². The van der Waals surface area contributed by atoms with Crippen molar-refractivity contribution in [2.24, 2.45) is 0 Å². The lowest BCUT2D eigenvalue weighted by atomic mass is 10.2. The van der Waals surface area contributed by atoms with Gasteiger partial charge in [-0.3, -0.25) is 0 Å². The van der Waals surface area contributed by atoms with Crippen molar-refractivity contribution < 1.29 is 9.13 Å². The van der Waals surface area contributed by atoms with Crippen LogP contribution in [0.15, 0.2) is 42.5 Å². The van der Waals surface area contributed by atoms with Crippen molar-refractivity contribution >= 4 is 11.6 Å². The Morgan fingerprint density at radius 1 is 1.15 bits per heavy atom. The molecule has 1 N–H and O–H groups in total. The van der Waals surface area contributed by atoms with Gasteiger partial charge in [-0.1, -0.05) is 36.7 Å². The summed E-state index contributed by atoms with van der Waals surface area (Å²) in [6.07, 6.45) is 1.05. The molecule has 0 fully saturated rings. The normalized spacial score (nSPS) is 10.6. The minimum Gasteiger partial charge on any atom is -0.453 e.